The maximum absolute atomic E-state index is 12.4. The number of carbonyl (C=O) groups excluding carboxylic acids is 2. The molecule has 1 saturated heterocycles. The number of carbonyl (C=O) groups is 2. The molecule has 1 aromatic carbocycles. The number of hydrogen-bond acceptors (Lipinski definition) is 5. The van der Waals surface area contributed by atoms with Crippen LogP contribution in [-0.4, -0.2) is 46.4 Å². The van der Waals surface area contributed by atoms with Crippen LogP contribution in [0.2, 0.25) is 0 Å². The second-order valence-corrected chi connectivity index (χ2v) is 6.70. The number of piperidine rings is 1. The van der Waals surface area contributed by atoms with Crippen molar-refractivity contribution in [2.24, 2.45) is 0 Å². The van der Waals surface area contributed by atoms with Crippen LogP contribution < -0.4 is 16.0 Å². The monoisotopic (exact) mass is 370 g/mol. The van der Waals surface area contributed by atoms with Gasteiger partial charge in [0.1, 0.15) is 0 Å². The lowest BCUT2D eigenvalue weighted by Gasteiger charge is -2.22. The van der Waals surface area contributed by atoms with Gasteiger partial charge in [0, 0.05) is 18.7 Å². The summed E-state index contributed by atoms with van der Waals surface area (Å²) in [6.07, 6.45) is 4.56. The van der Waals surface area contributed by atoms with Crippen LogP contribution >= 0.6 is 0 Å². The molecular formula is C19H26N6O2. The van der Waals surface area contributed by atoms with Gasteiger partial charge in [0.25, 0.3) is 11.8 Å². The van der Waals surface area contributed by atoms with E-state index in [1.54, 1.807) is 23.0 Å². The minimum atomic E-state index is -0.268. The van der Waals surface area contributed by atoms with Gasteiger partial charge in [-0.15, -0.1) is 5.10 Å². The molecule has 1 aromatic heterocycles. The van der Waals surface area contributed by atoms with E-state index < -0.39 is 0 Å². The molecule has 8 heteroatoms. The molecule has 3 N–H and O–H groups in total. The zero-order valence-corrected chi connectivity index (χ0v) is 15.6. The zero-order chi connectivity index (χ0) is 19.1. The van der Waals surface area contributed by atoms with Gasteiger partial charge >= 0.3 is 0 Å². The molecule has 27 heavy (non-hydrogen) atoms. The highest BCUT2D eigenvalue weighted by Crippen LogP contribution is 2.17. The van der Waals surface area contributed by atoms with Crippen LogP contribution in [0.4, 0.5) is 0 Å². The summed E-state index contributed by atoms with van der Waals surface area (Å²) >= 11 is 0. The van der Waals surface area contributed by atoms with Crippen LogP contribution in [0.5, 0.6) is 0 Å². The van der Waals surface area contributed by atoms with Gasteiger partial charge in [-0.05, 0) is 50.0 Å². The zero-order valence-electron chi connectivity index (χ0n) is 15.6. The fourth-order valence-electron chi connectivity index (χ4n) is 3.07. The summed E-state index contributed by atoms with van der Waals surface area (Å²) in [6.45, 7) is 4.89. The van der Waals surface area contributed by atoms with Crippen molar-refractivity contribution in [2.75, 3.05) is 19.6 Å². The second-order valence-electron chi connectivity index (χ2n) is 6.70. The molecule has 0 bridgehead atoms. The van der Waals surface area contributed by atoms with Crippen LogP contribution in [0.3, 0.4) is 0 Å². The van der Waals surface area contributed by atoms with Gasteiger partial charge in [0.2, 0.25) is 0 Å². The van der Waals surface area contributed by atoms with Crippen molar-refractivity contribution in [3.63, 3.8) is 0 Å². The number of rotatable bonds is 7. The van der Waals surface area contributed by atoms with Crippen LogP contribution in [0.15, 0.2) is 30.5 Å². The lowest BCUT2D eigenvalue weighted by atomic mass is 10.1. The third kappa shape index (κ3) is 5.13. The maximum atomic E-state index is 12.4. The highest BCUT2D eigenvalue weighted by Gasteiger charge is 2.18. The van der Waals surface area contributed by atoms with E-state index in [1.807, 2.05) is 19.1 Å². The Morgan fingerprint density at radius 3 is 2.81 bits per heavy atom. The summed E-state index contributed by atoms with van der Waals surface area (Å²) in [4.78, 5) is 24.4. The Hall–Kier alpha value is -2.74. The van der Waals surface area contributed by atoms with E-state index in [9.17, 15) is 9.59 Å². The van der Waals surface area contributed by atoms with E-state index in [-0.39, 0.29) is 11.8 Å². The van der Waals surface area contributed by atoms with Gasteiger partial charge in [-0.1, -0.05) is 24.3 Å². The van der Waals surface area contributed by atoms with Gasteiger partial charge < -0.3 is 16.0 Å². The third-order valence-corrected chi connectivity index (χ3v) is 4.60. The standard InChI is InChI=1S/C19H26N6O2/c1-2-8-21-18(26)15-5-3-4-14(11-15)12-22-19(27)17-13-25(24-23-17)16-6-9-20-10-7-16/h3-5,11,13,16,20H,2,6-10,12H2,1H3,(H,21,26)(H,22,27). The molecule has 8 nitrogen and oxygen atoms in total. The van der Waals surface area contributed by atoms with Crippen molar-refractivity contribution in [3.05, 3.63) is 47.3 Å². The van der Waals surface area contributed by atoms with Crippen molar-refractivity contribution in [3.8, 4) is 0 Å². The number of hydrogen-bond donors (Lipinski definition) is 3. The van der Waals surface area contributed by atoms with E-state index in [1.165, 1.54) is 0 Å². The average Bonchev–Trinajstić information content (AvgIpc) is 3.21. The van der Waals surface area contributed by atoms with Crippen LogP contribution in [0.25, 0.3) is 0 Å². The quantitative estimate of drug-likeness (QED) is 0.681. The van der Waals surface area contributed by atoms with Gasteiger partial charge in [-0.2, -0.15) is 0 Å². The summed E-state index contributed by atoms with van der Waals surface area (Å²) in [6, 6.07) is 7.54. The van der Waals surface area contributed by atoms with Crippen molar-refractivity contribution in [1.29, 1.82) is 0 Å². The van der Waals surface area contributed by atoms with Crippen LogP contribution in [0.1, 0.15) is 58.6 Å². The molecule has 1 aliphatic heterocycles. The molecule has 0 unspecified atom stereocenters. The molecule has 0 aliphatic carbocycles. The molecule has 2 amide bonds. The largest absolute Gasteiger partial charge is 0.352 e. The molecule has 1 fully saturated rings. The SMILES string of the molecule is CCCNC(=O)c1cccc(CNC(=O)c2cn(C3CCNCC3)nn2)c1. The molecule has 0 saturated carbocycles. The van der Waals surface area contributed by atoms with E-state index >= 15 is 0 Å². The van der Waals surface area contributed by atoms with Gasteiger partial charge in [0.05, 0.1) is 12.2 Å². The third-order valence-electron chi connectivity index (χ3n) is 4.60. The normalized spacial score (nSPS) is 14.7. The van der Waals surface area contributed by atoms with Crippen molar-refractivity contribution >= 4 is 11.8 Å². The molecule has 144 valence electrons. The number of nitrogens with zero attached hydrogens (tertiary/aromatic N) is 3. The minimum Gasteiger partial charge on any atom is -0.352 e. The first-order valence-electron chi connectivity index (χ1n) is 9.45. The van der Waals surface area contributed by atoms with E-state index in [0.29, 0.717) is 30.4 Å². The smallest absolute Gasteiger partial charge is 0.273 e. The van der Waals surface area contributed by atoms with Crippen LogP contribution in [-0.2, 0) is 6.54 Å². The lowest BCUT2D eigenvalue weighted by Crippen LogP contribution is -2.29. The van der Waals surface area contributed by atoms with Gasteiger partial charge in [-0.3, -0.25) is 9.59 Å². The summed E-state index contributed by atoms with van der Waals surface area (Å²) < 4.78 is 1.79. The molecule has 0 atom stereocenters. The Morgan fingerprint density at radius 2 is 2.04 bits per heavy atom. The van der Waals surface area contributed by atoms with E-state index in [0.717, 1.165) is 37.9 Å². The summed E-state index contributed by atoms with van der Waals surface area (Å²) in [5.41, 5.74) is 1.76. The Kier molecular flexibility index (Phi) is 6.54. The molecular weight excluding hydrogens is 344 g/mol. The summed E-state index contributed by atoms with van der Waals surface area (Å²) in [5.74, 6) is -0.369. The average molecular weight is 370 g/mol. The van der Waals surface area contributed by atoms with E-state index in [4.69, 9.17) is 0 Å². The summed E-state index contributed by atoms with van der Waals surface area (Å²) in [7, 11) is 0. The predicted octanol–water partition coefficient (Wildman–Crippen LogP) is 1.27. The number of benzene rings is 1. The molecule has 1 aliphatic rings. The first kappa shape index (κ1) is 19.0. The molecule has 0 radical (unpaired) electrons. The Morgan fingerprint density at radius 1 is 1.22 bits per heavy atom. The topological polar surface area (TPSA) is 101 Å². The summed E-state index contributed by atoms with van der Waals surface area (Å²) in [5, 5.41) is 17.1. The Labute approximate surface area is 158 Å². The second kappa shape index (κ2) is 9.27. The molecule has 2 heterocycles. The Balaban J connectivity index is 1.56. The molecule has 2 aromatic rings. The van der Waals surface area contributed by atoms with E-state index in [2.05, 4.69) is 26.3 Å². The van der Waals surface area contributed by atoms with Gasteiger partial charge in [-0.25, -0.2) is 4.68 Å². The molecule has 0 spiro atoms. The maximum Gasteiger partial charge on any atom is 0.273 e. The number of aromatic nitrogens is 3. The van der Waals surface area contributed by atoms with Crippen molar-refractivity contribution in [1.82, 2.24) is 30.9 Å². The van der Waals surface area contributed by atoms with Crippen LogP contribution in [0, 0.1) is 0 Å². The highest BCUT2D eigenvalue weighted by molar-refractivity contribution is 5.94. The number of nitrogens with one attached hydrogen (secondary N) is 3. The fraction of sp³-hybridized carbons (Fsp3) is 0.474. The first-order chi connectivity index (χ1) is 13.2. The Bertz CT molecular complexity index is 782. The first-order valence-corrected chi connectivity index (χ1v) is 9.45. The fourth-order valence-corrected chi connectivity index (χ4v) is 3.07. The predicted molar refractivity (Wildman–Crippen MR) is 101 cm³/mol. The lowest BCUT2D eigenvalue weighted by molar-refractivity contribution is 0.0942. The minimum absolute atomic E-state index is 0.102. The number of amides is 2. The van der Waals surface area contributed by atoms with Crippen molar-refractivity contribution < 1.29 is 9.59 Å². The van der Waals surface area contributed by atoms with Gasteiger partial charge in [0.15, 0.2) is 5.69 Å². The molecule has 3 rings (SSSR count). The highest BCUT2D eigenvalue weighted by atomic mass is 16.2. The van der Waals surface area contributed by atoms with Crippen molar-refractivity contribution in [2.45, 2.75) is 38.8 Å².